The Labute approximate surface area is 100 Å². The second-order valence-corrected chi connectivity index (χ2v) is 4.05. The van der Waals surface area contributed by atoms with E-state index in [1.54, 1.807) is 0 Å². The molecule has 0 fully saturated rings. The summed E-state index contributed by atoms with van der Waals surface area (Å²) < 4.78 is 0.468. The van der Waals surface area contributed by atoms with Gasteiger partial charge in [0.15, 0.2) is 0 Å². The van der Waals surface area contributed by atoms with Crippen LogP contribution in [0, 0.1) is 0 Å². The SMILES string of the molecule is C[C@H](NC(=O)c1ccc(Br)c(O)c1)C(=O)O. The van der Waals surface area contributed by atoms with Crippen molar-refractivity contribution in [1.82, 2.24) is 5.32 Å². The summed E-state index contributed by atoms with van der Waals surface area (Å²) in [6.07, 6.45) is 0. The van der Waals surface area contributed by atoms with Crippen molar-refractivity contribution in [2.24, 2.45) is 0 Å². The maximum Gasteiger partial charge on any atom is 0.325 e. The lowest BCUT2D eigenvalue weighted by Gasteiger charge is -2.09. The minimum Gasteiger partial charge on any atom is -0.507 e. The summed E-state index contributed by atoms with van der Waals surface area (Å²) in [5, 5.41) is 20.2. The molecule has 1 rings (SSSR count). The van der Waals surface area contributed by atoms with E-state index in [2.05, 4.69) is 21.2 Å². The molecule has 0 heterocycles. The van der Waals surface area contributed by atoms with Crippen LogP contribution in [-0.2, 0) is 4.79 Å². The molecule has 0 saturated heterocycles. The smallest absolute Gasteiger partial charge is 0.325 e. The fourth-order valence-corrected chi connectivity index (χ4v) is 1.24. The maximum atomic E-state index is 11.5. The van der Waals surface area contributed by atoms with Crippen LogP contribution in [0.25, 0.3) is 0 Å². The van der Waals surface area contributed by atoms with Crippen LogP contribution in [0.1, 0.15) is 17.3 Å². The Morgan fingerprint density at radius 2 is 2.06 bits per heavy atom. The van der Waals surface area contributed by atoms with Crippen molar-refractivity contribution in [3.8, 4) is 5.75 Å². The standard InChI is InChI=1S/C10H10BrNO4/c1-5(10(15)16)12-9(14)6-2-3-7(11)8(13)4-6/h2-5,13H,1H3,(H,12,14)(H,15,16)/t5-/m0/s1. The predicted octanol–water partition coefficient (Wildman–Crippen LogP) is 1.36. The third kappa shape index (κ3) is 2.96. The summed E-state index contributed by atoms with van der Waals surface area (Å²) in [6.45, 7) is 1.36. The number of phenolic OH excluding ortho intramolecular Hbond substituents is 1. The van der Waals surface area contributed by atoms with Crippen LogP contribution in [0.15, 0.2) is 22.7 Å². The molecule has 0 spiro atoms. The summed E-state index contributed by atoms with van der Waals surface area (Å²) in [5.41, 5.74) is 0.203. The number of aliphatic carboxylic acids is 1. The largest absolute Gasteiger partial charge is 0.507 e. The molecule has 0 aliphatic rings. The zero-order valence-electron chi connectivity index (χ0n) is 8.40. The van der Waals surface area contributed by atoms with Crippen LogP contribution < -0.4 is 5.32 Å². The summed E-state index contributed by atoms with van der Waals surface area (Å²) in [6, 6.07) is 3.27. The molecule has 1 atom stereocenters. The molecule has 16 heavy (non-hydrogen) atoms. The van der Waals surface area contributed by atoms with Crippen molar-refractivity contribution < 1.29 is 19.8 Å². The molecule has 3 N–H and O–H groups in total. The molecule has 0 aliphatic heterocycles. The van der Waals surface area contributed by atoms with Gasteiger partial charge in [0.05, 0.1) is 4.47 Å². The fraction of sp³-hybridized carbons (Fsp3) is 0.200. The molecule has 1 amide bonds. The van der Waals surface area contributed by atoms with E-state index in [0.29, 0.717) is 4.47 Å². The van der Waals surface area contributed by atoms with Crippen molar-refractivity contribution in [1.29, 1.82) is 0 Å². The van der Waals surface area contributed by atoms with E-state index in [0.717, 1.165) is 0 Å². The Morgan fingerprint density at radius 3 is 2.56 bits per heavy atom. The monoisotopic (exact) mass is 287 g/mol. The number of nitrogens with one attached hydrogen (secondary N) is 1. The quantitative estimate of drug-likeness (QED) is 0.783. The number of benzene rings is 1. The van der Waals surface area contributed by atoms with E-state index in [9.17, 15) is 14.7 Å². The molecule has 5 nitrogen and oxygen atoms in total. The number of aromatic hydroxyl groups is 1. The average molecular weight is 288 g/mol. The third-order valence-electron chi connectivity index (χ3n) is 1.93. The Kier molecular flexibility index (Phi) is 3.89. The van der Waals surface area contributed by atoms with Gasteiger partial charge in [0, 0.05) is 5.56 Å². The molecule has 0 radical (unpaired) electrons. The highest BCUT2D eigenvalue weighted by molar-refractivity contribution is 9.10. The Bertz CT molecular complexity index is 433. The highest BCUT2D eigenvalue weighted by Crippen LogP contribution is 2.24. The normalized spacial score (nSPS) is 11.9. The van der Waals surface area contributed by atoms with Gasteiger partial charge in [-0.2, -0.15) is 0 Å². The molecule has 0 aromatic heterocycles. The molecule has 1 aromatic carbocycles. The number of rotatable bonds is 3. The van der Waals surface area contributed by atoms with E-state index < -0.39 is 17.9 Å². The lowest BCUT2D eigenvalue weighted by atomic mass is 10.2. The highest BCUT2D eigenvalue weighted by Gasteiger charge is 2.15. The van der Waals surface area contributed by atoms with Gasteiger partial charge in [-0.05, 0) is 41.1 Å². The minimum atomic E-state index is -1.12. The summed E-state index contributed by atoms with van der Waals surface area (Å²) in [5.74, 6) is -1.73. The molecular weight excluding hydrogens is 278 g/mol. The van der Waals surface area contributed by atoms with Crippen LogP contribution in [-0.4, -0.2) is 28.1 Å². The minimum absolute atomic E-state index is 0.0735. The number of amides is 1. The summed E-state index contributed by atoms with van der Waals surface area (Å²) in [7, 11) is 0. The highest BCUT2D eigenvalue weighted by atomic mass is 79.9. The third-order valence-corrected chi connectivity index (χ3v) is 2.60. The molecule has 6 heteroatoms. The van der Waals surface area contributed by atoms with Crippen molar-refractivity contribution in [3.05, 3.63) is 28.2 Å². The molecule has 1 aromatic rings. The second kappa shape index (κ2) is 4.98. The number of carboxylic acid groups (broad SMARTS) is 1. The van der Waals surface area contributed by atoms with Gasteiger partial charge >= 0.3 is 5.97 Å². The summed E-state index contributed by atoms with van der Waals surface area (Å²) >= 11 is 3.08. The molecule has 0 bridgehead atoms. The molecule has 0 saturated carbocycles. The zero-order valence-corrected chi connectivity index (χ0v) is 9.98. The fourth-order valence-electron chi connectivity index (χ4n) is 0.996. The van der Waals surface area contributed by atoms with Gasteiger partial charge in [-0.25, -0.2) is 0 Å². The zero-order chi connectivity index (χ0) is 12.3. The van der Waals surface area contributed by atoms with Gasteiger partial charge in [0.2, 0.25) is 0 Å². The number of carboxylic acids is 1. The predicted molar refractivity (Wildman–Crippen MR) is 60.4 cm³/mol. The van der Waals surface area contributed by atoms with Crippen LogP contribution in [0.5, 0.6) is 5.75 Å². The van der Waals surface area contributed by atoms with Crippen molar-refractivity contribution in [2.75, 3.05) is 0 Å². The lowest BCUT2D eigenvalue weighted by molar-refractivity contribution is -0.138. The Morgan fingerprint density at radius 1 is 1.44 bits per heavy atom. The van der Waals surface area contributed by atoms with Crippen LogP contribution >= 0.6 is 15.9 Å². The lowest BCUT2D eigenvalue weighted by Crippen LogP contribution is -2.38. The second-order valence-electron chi connectivity index (χ2n) is 3.20. The maximum absolute atomic E-state index is 11.5. The van der Waals surface area contributed by atoms with E-state index in [4.69, 9.17) is 5.11 Å². The Balaban J connectivity index is 2.81. The average Bonchev–Trinajstić information content (AvgIpc) is 2.21. The number of hydrogen-bond acceptors (Lipinski definition) is 3. The van der Waals surface area contributed by atoms with Gasteiger partial charge in [0.25, 0.3) is 5.91 Å². The van der Waals surface area contributed by atoms with Gasteiger partial charge in [-0.15, -0.1) is 0 Å². The van der Waals surface area contributed by atoms with Gasteiger partial charge in [-0.1, -0.05) is 0 Å². The van der Waals surface area contributed by atoms with Crippen LogP contribution in [0.3, 0.4) is 0 Å². The van der Waals surface area contributed by atoms with Gasteiger partial charge in [-0.3, -0.25) is 9.59 Å². The van der Waals surface area contributed by atoms with E-state index >= 15 is 0 Å². The Hall–Kier alpha value is -1.56. The molecular formula is C10H10BrNO4. The molecule has 86 valence electrons. The van der Waals surface area contributed by atoms with Gasteiger partial charge in [0.1, 0.15) is 11.8 Å². The van der Waals surface area contributed by atoms with Gasteiger partial charge < -0.3 is 15.5 Å². The first-order valence-corrected chi connectivity index (χ1v) is 5.23. The van der Waals surface area contributed by atoms with Crippen molar-refractivity contribution in [2.45, 2.75) is 13.0 Å². The van der Waals surface area contributed by atoms with Crippen LogP contribution in [0.4, 0.5) is 0 Å². The van der Waals surface area contributed by atoms with Crippen molar-refractivity contribution >= 4 is 27.8 Å². The number of halogens is 1. The number of hydrogen-bond donors (Lipinski definition) is 3. The number of carbonyl (C=O) groups excluding carboxylic acids is 1. The summed E-state index contributed by atoms with van der Waals surface area (Å²) in [4.78, 5) is 22.0. The molecule has 0 unspecified atom stereocenters. The first-order valence-electron chi connectivity index (χ1n) is 4.44. The number of phenols is 1. The first kappa shape index (κ1) is 12.5. The van der Waals surface area contributed by atoms with Crippen LogP contribution in [0.2, 0.25) is 0 Å². The molecule has 0 aliphatic carbocycles. The van der Waals surface area contributed by atoms with E-state index in [1.165, 1.54) is 25.1 Å². The van der Waals surface area contributed by atoms with E-state index in [1.807, 2.05) is 0 Å². The first-order chi connectivity index (χ1) is 7.41. The number of carbonyl (C=O) groups is 2. The van der Waals surface area contributed by atoms with E-state index in [-0.39, 0.29) is 11.3 Å². The van der Waals surface area contributed by atoms with Crippen molar-refractivity contribution in [3.63, 3.8) is 0 Å². The topological polar surface area (TPSA) is 86.6 Å².